The fraction of sp³-hybridized carbons (Fsp3) is 0.521. The summed E-state index contributed by atoms with van der Waals surface area (Å²) in [5.74, 6) is -27.1. The van der Waals surface area contributed by atoms with Crippen molar-refractivity contribution in [2.45, 2.75) is 224 Å². The van der Waals surface area contributed by atoms with Crippen LogP contribution in [0.15, 0.2) is 113 Å². The number of aromatic amines is 1. The number of carbonyl (C=O) groups is 16. The number of amides is 8. The normalized spacial score (nSPS) is 15.9. The molecule has 7 rings (SSSR count). The largest absolute Gasteiger partial charge is 0.481 e. The van der Waals surface area contributed by atoms with E-state index in [0.717, 1.165) is 43.8 Å². The number of nitrogens with two attached hydrogens (primary N) is 1. The molecule has 3 aromatic heterocycles. The van der Waals surface area contributed by atoms with Gasteiger partial charge in [-0.05, 0) is 108 Å². The summed E-state index contributed by atoms with van der Waals surface area (Å²) in [4.78, 5) is 255. The Balaban J connectivity index is 1.19. The maximum atomic E-state index is 15.3. The number of benzene rings is 3. The Morgan fingerprint density at radius 2 is 0.851 bits per heavy atom. The molecular formula is C94H125N15O36S3. The lowest BCUT2D eigenvalue weighted by Gasteiger charge is -2.27. The molecule has 3 aromatic carbocycles. The van der Waals surface area contributed by atoms with Gasteiger partial charge >= 0.3 is 23.9 Å². The van der Waals surface area contributed by atoms with Crippen LogP contribution >= 0.6 is 33.3 Å². The summed E-state index contributed by atoms with van der Waals surface area (Å²) in [6.45, 7) is -6.80. The van der Waals surface area contributed by atoms with Gasteiger partial charge in [0.2, 0.25) is 47.3 Å². The second-order valence-corrected chi connectivity index (χ2v) is 38.6. The van der Waals surface area contributed by atoms with Crippen LogP contribution in [0.25, 0.3) is 22.3 Å². The summed E-state index contributed by atoms with van der Waals surface area (Å²) in [6, 6.07) is 18.0. The number of ketones is 4. The van der Waals surface area contributed by atoms with Crippen LogP contribution in [0.5, 0.6) is 0 Å². The number of rotatable bonds is 71. The van der Waals surface area contributed by atoms with E-state index in [0.29, 0.717) is 16.5 Å². The van der Waals surface area contributed by atoms with Gasteiger partial charge in [-0.1, -0.05) is 65.4 Å². The van der Waals surface area contributed by atoms with Crippen molar-refractivity contribution in [1.29, 1.82) is 0 Å². The van der Waals surface area contributed by atoms with Crippen LogP contribution < -0.4 is 59.1 Å². The van der Waals surface area contributed by atoms with E-state index in [2.05, 4.69) is 72.8 Å². The standard InChI is InChI=1S/C94H125N15O36S3/c95-94-108-86-79(91(141)109-94)103-52(36-102-86)35-97-51-17-12-46(13-18-51)87(137)106-61(93(144)145)20-19-53(113)31-47(14-23-72(123)99-38-66(117)80(131)83(134)69(120)41-110)88(138)104-59(21-26-77(127)128)63(114)32-48(15-24-73(124)100-39-67(118)81(132)84(135)70(121)42-111)89(139)105-60(22-27-78(129)130)64(115)33-49(16-25-74(125)101-40-68(119)82(133)85(136)71(122)43-112)90(140)107-62(65(116)34-50(92(142)143)44-147-148-76-11-5-6-29-96-76)37-98-75(126)28-30-146-45-58-56-9-3-1-7-54(56)55-8-2-4-10-57(55)58/h1-13,17-18,29,36,47-50,58-62,66-71,80-85,97,110-112,117-122,131-136H,14-16,19-28,30-35,37-45H2,(H,98,126)(H,99,123)(H,100,124)(H,101,125)(H,104,138)(H,105,139)(H,106,137)(H,107,140)(H,127,128)(H,129,130)(H,142,143)(H,144,145)(H3,95,102,108,109,141)/t47-,48-,49-,50+,59+,60+,61+,62+,66+,67+,68+,69-,70-,71-,80-,81-,82-,83-,84-,85-/m1/s1. The molecule has 0 saturated carbocycles. The van der Waals surface area contributed by atoms with Gasteiger partial charge in [-0.15, -0.1) is 0 Å². The minimum atomic E-state index is -2.26. The summed E-state index contributed by atoms with van der Waals surface area (Å²) in [5.41, 5.74) is 9.62. The quantitative estimate of drug-likeness (QED) is 0.0125. The zero-order chi connectivity index (χ0) is 109. The lowest BCUT2D eigenvalue weighted by molar-refractivity contribution is -0.143. The number of aromatic nitrogens is 5. The molecule has 1 aliphatic rings. The van der Waals surface area contributed by atoms with Gasteiger partial charge in [0.1, 0.15) is 77.8 Å². The Hall–Kier alpha value is -12.6. The Morgan fingerprint density at radius 3 is 1.30 bits per heavy atom. The van der Waals surface area contributed by atoms with E-state index >= 15 is 19.2 Å². The van der Waals surface area contributed by atoms with Gasteiger partial charge in [0.25, 0.3) is 11.5 Å². The Kier molecular flexibility index (Phi) is 51.2. The highest BCUT2D eigenvalue weighted by molar-refractivity contribution is 8.76. The van der Waals surface area contributed by atoms with Crippen LogP contribution in [0.1, 0.15) is 142 Å². The molecule has 810 valence electrons. The van der Waals surface area contributed by atoms with Crippen LogP contribution in [-0.2, 0) is 78.5 Å². The van der Waals surface area contributed by atoms with Crippen molar-refractivity contribution in [2.24, 2.45) is 23.7 Å². The van der Waals surface area contributed by atoms with Gasteiger partial charge in [-0.25, -0.2) is 19.7 Å². The number of aliphatic hydroxyl groups excluding tert-OH is 15. The molecule has 148 heavy (non-hydrogen) atoms. The highest BCUT2D eigenvalue weighted by Crippen LogP contribution is 2.46. The number of hydrogen-bond acceptors (Lipinski definition) is 41. The molecular weight excluding hydrogens is 2010 g/mol. The number of carboxylic acids is 4. The number of carbonyl (C=O) groups excluding carboxylic acids is 12. The maximum absolute atomic E-state index is 15.3. The number of aliphatic carboxylic acids is 4. The van der Waals surface area contributed by atoms with Gasteiger partial charge in [0.05, 0.1) is 74.6 Å². The second-order valence-electron chi connectivity index (χ2n) is 35.1. The van der Waals surface area contributed by atoms with Crippen molar-refractivity contribution in [3.05, 3.63) is 136 Å². The molecule has 31 N–H and O–H groups in total. The number of nitrogens with one attached hydrogen (secondary N) is 10. The monoisotopic (exact) mass is 2140 g/mol. The van der Waals surface area contributed by atoms with E-state index < -0.39 is 370 Å². The average Bonchev–Trinajstić information content (AvgIpc) is 1.61. The van der Waals surface area contributed by atoms with Crippen molar-refractivity contribution in [3.8, 4) is 11.1 Å². The third-order valence-electron chi connectivity index (χ3n) is 24.0. The first-order chi connectivity index (χ1) is 70.3. The van der Waals surface area contributed by atoms with E-state index in [1.54, 1.807) is 18.2 Å². The number of Topliss-reactive ketones (excluding diaryl/α,β-unsaturated/α-hetero) is 4. The average molecular weight is 2140 g/mol. The highest BCUT2D eigenvalue weighted by Gasteiger charge is 2.40. The fourth-order valence-electron chi connectivity index (χ4n) is 15.4. The summed E-state index contributed by atoms with van der Waals surface area (Å²) in [6.07, 6.45) is -37.4. The maximum Gasteiger partial charge on any atom is 0.326 e. The molecule has 0 aliphatic heterocycles. The second kappa shape index (κ2) is 62.0. The summed E-state index contributed by atoms with van der Waals surface area (Å²) in [7, 11) is 2.06. The van der Waals surface area contributed by atoms with Crippen LogP contribution in [0.3, 0.4) is 0 Å². The zero-order valence-corrected chi connectivity index (χ0v) is 82.2. The van der Waals surface area contributed by atoms with Gasteiger partial charge in [-0.2, -0.15) is 16.7 Å². The van der Waals surface area contributed by atoms with Crippen molar-refractivity contribution >= 4 is 150 Å². The molecule has 6 aromatic rings. The number of thioether (sulfide) groups is 1. The molecule has 1 aliphatic carbocycles. The van der Waals surface area contributed by atoms with E-state index in [4.69, 9.17) is 5.73 Å². The number of carboxylic acid groups (broad SMARTS) is 4. The molecule has 0 bridgehead atoms. The SMILES string of the molecule is Nc1nc2ncc(CNc3ccc(C(=O)N[C@@H](CCC(=O)C[C@@H](CCC(=O)NC[C@H](O)[C@@H](O)[C@H](O)[C@H](O)CO)C(=O)N[C@@H](CCC(=O)O)C(=O)C[C@@H](CCC(=O)NC[C@H](O)[C@@H](O)[C@H](O)[C@H](O)CO)C(=O)N[C@@H](CCC(=O)O)C(=O)C[C@@H](CCC(=O)NC[C@H](O)[C@@H](O)[C@H](O)[C@H](O)CO)C(=O)N[C@@H](CNC(=O)CCSCC4c5ccccc5-c5ccccc54)C(=O)C[C@@H](CSSc4ccccn4)C(=O)O)C(=O)O)cc3)nc2c(=O)[nH]1. The molecule has 0 spiro atoms. The molecule has 54 heteroatoms. The van der Waals surface area contributed by atoms with Crippen molar-refractivity contribution < 1.29 is 174 Å². The van der Waals surface area contributed by atoms with E-state index in [1.807, 2.05) is 48.5 Å². The number of pyridine rings is 1. The number of nitrogens with zero attached hydrogens (tertiary/aromatic N) is 4. The van der Waals surface area contributed by atoms with Crippen molar-refractivity contribution in [3.63, 3.8) is 0 Å². The highest BCUT2D eigenvalue weighted by atomic mass is 33.1. The first-order valence-corrected chi connectivity index (χ1v) is 50.4. The van der Waals surface area contributed by atoms with Crippen LogP contribution in [-0.4, -0.2) is 377 Å². The predicted molar refractivity (Wildman–Crippen MR) is 525 cm³/mol. The summed E-state index contributed by atoms with van der Waals surface area (Å²) < 4.78 is 0. The summed E-state index contributed by atoms with van der Waals surface area (Å²) in [5, 5.41) is 215. The lowest BCUT2D eigenvalue weighted by atomic mass is 9.88. The molecule has 51 nitrogen and oxygen atoms in total. The fourth-order valence-corrected chi connectivity index (χ4v) is 18.7. The third kappa shape index (κ3) is 39.8. The predicted octanol–water partition coefficient (Wildman–Crippen LogP) is -5.67. The molecule has 0 fully saturated rings. The van der Waals surface area contributed by atoms with Crippen molar-refractivity contribution in [2.75, 3.05) is 74.3 Å². The number of hydrogen-bond donors (Lipinski definition) is 30. The van der Waals surface area contributed by atoms with Crippen LogP contribution in [0.2, 0.25) is 0 Å². The summed E-state index contributed by atoms with van der Waals surface area (Å²) >= 11 is 1.43. The molecule has 0 radical (unpaired) electrons. The third-order valence-corrected chi connectivity index (χ3v) is 27.5. The van der Waals surface area contributed by atoms with Crippen LogP contribution in [0, 0.1) is 23.7 Å². The molecule has 3 heterocycles. The van der Waals surface area contributed by atoms with Crippen molar-refractivity contribution in [1.82, 2.24) is 67.5 Å². The Morgan fingerprint density at radius 1 is 0.426 bits per heavy atom. The minimum Gasteiger partial charge on any atom is -0.481 e. The molecule has 0 unspecified atom stereocenters. The topological polar surface area (TPSA) is 876 Å². The number of fused-ring (bicyclic) bond motifs is 4. The van der Waals surface area contributed by atoms with Gasteiger partial charge in [-0.3, -0.25) is 81.7 Å². The first-order valence-electron chi connectivity index (χ1n) is 46.9. The molecule has 0 saturated heterocycles. The van der Waals surface area contributed by atoms with E-state index in [1.165, 1.54) is 48.4 Å². The van der Waals surface area contributed by atoms with Crippen LogP contribution in [0.4, 0.5) is 11.6 Å². The molecule has 20 atom stereocenters. The number of anilines is 2. The van der Waals surface area contributed by atoms with E-state index in [-0.39, 0.29) is 58.8 Å². The number of nitrogen functional groups attached to an aromatic ring is 1. The smallest absolute Gasteiger partial charge is 0.326 e. The lowest BCUT2D eigenvalue weighted by Crippen LogP contribution is -2.52. The van der Waals surface area contributed by atoms with Gasteiger partial charge in [0.15, 0.2) is 28.5 Å². The minimum absolute atomic E-state index is 0.00262. The zero-order valence-electron chi connectivity index (χ0n) is 79.8. The number of H-pyrrole nitrogens is 1. The molecule has 8 amide bonds. The Labute approximate surface area is 856 Å². The Bertz CT molecular complexity index is 5510. The van der Waals surface area contributed by atoms with Gasteiger partial charge < -0.3 is 151 Å². The first kappa shape index (κ1) is 122. The van der Waals surface area contributed by atoms with Gasteiger partial charge in [0, 0.05) is 155 Å². The van der Waals surface area contributed by atoms with E-state index in [9.17, 15) is 159 Å². The number of aliphatic hydroxyl groups is 15.